The predicted molar refractivity (Wildman–Crippen MR) is 75.3 cm³/mol. The van der Waals surface area contributed by atoms with Crippen molar-refractivity contribution in [2.75, 3.05) is 6.54 Å². The Morgan fingerprint density at radius 3 is 2.76 bits per heavy atom. The van der Waals surface area contributed by atoms with Gasteiger partial charge in [0, 0.05) is 17.0 Å². The van der Waals surface area contributed by atoms with Gasteiger partial charge < -0.3 is 5.73 Å². The van der Waals surface area contributed by atoms with Crippen LogP contribution in [0.25, 0.3) is 0 Å². The Balaban J connectivity index is 2.11. The van der Waals surface area contributed by atoms with Gasteiger partial charge in [0.05, 0.1) is 6.04 Å². The van der Waals surface area contributed by atoms with Gasteiger partial charge in [0.2, 0.25) is 0 Å². The lowest BCUT2D eigenvalue weighted by Crippen LogP contribution is -2.41. The normalized spacial score (nSPS) is 19.5. The summed E-state index contributed by atoms with van der Waals surface area (Å²) in [6, 6.07) is 5.81. The molecular weight excluding hydrogens is 228 g/mol. The van der Waals surface area contributed by atoms with Crippen LogP contribution >= 0.6 is 11.3 Å². The van der Waals surface area contributed by atoms with E-state index in [9.17, 15) is 0 Å². The number of hydrogen-bond acceptors (Lipinski definition) is 3. The largest absolute Gasteiger partial charge is 0.326 e. The van der Waals surface area contributed by atoms with Crippen LogP contribution in [-0.2, 0) is 0 Å². The van der Waals surface area contributed by atoms with E-state index >= 15 is 0 Å². The van der Waals surface area contributed by atoms with Crippen molar-refractivity contribution in [2.45, 2.75) is 57.7 Å². The summed E-state index contributed by atoms with van der Waals surface area (Å²) in [5, 5.41) is 2.16. The maximum Gasteiger partial charge on any atom is 0.0593 e. The quantitative estimate of drug-likeness (QED) is 0.806. The lowest BCUT2D eigenvalue weighted by atomic mass is 10.1. The van der Waals surface area contributed by atoms with E-state index in [1.54, 1.807) is 0 Å². The van der Waals surface area contributed by atoms with Crippen LogP contribution in [0.3, 0.4) is 0 Å². The van der Waals surface area contributed by atoms with Crippen LogP contribution in [0.4, 0.5) is 0 Å². The molecule has 2 nitrogen and oxygen atoms in total. The van der Waals surface area contributed by atoms with Gasteiger partial charge in [0.25, 0.3) is 0 Å². The molecule has 2 N–H and O–H groups in total. The summed E-state index contributed by atoms with van der Waals surface area (Å²) >= 11 is 1.84. The molecule has 1 aliphatic rings. The second kappa shape index (κ2) is 5.98. The maximum atomic E-state index is 6.23. The fourth-order valence-corrected chi connectivity index (χ4v) is 3.44. The van der Waals surface area contributed by atoms with Crippen LogP contribution in [0.15, 0.2) is 17.5 Å². The van der Waals surface area contributed by atoms with Crippen molar-refractivity contribution in [1.29, 1.82) is 0 Å². The number of rotatable bonds is 7. The molecule has 0 spiro atoms. The third-order valence-corrected chi connectivity index (χ3v) is 4.42. The summed E-state index contributed by atoms with van der Waals surface area (Å²) in [5.74, 6) is 0. The molecule has 0 radical (unpaired) electrons. The topological polar surface area (TPSA) is 29.3 Å². The van der Waals surface area contributed by atoms with Gasteiger partial charge in [-0.3, -0.25) is 4.90 Å². The van der Waals surface area contributed by atoms with Crippen molar-refractivity contribution in [3.05, 3.63) is 22.4 Å². The van der Waals surface area contributed by atoms with Crippen LogP contribution in [0.1, 0.15) is 50.4 Å². The molecule has 1 aliphatic carbocycles. The fourth-order valence-electron chi connectivity index (χ4n) is 2.48. The van der Waals surface area contributed by atoms with E-state index in [0.717, 1.165) is 6.04 Å². The Labute approximate surface area is 109 Å². The van der Waals surface area contributed by atoms with E-state index in [1.807, 2.05) is 11.3 Å². The number of hydrogen-bond donors (Lipinski definition) is 1. The predicted octanol–water partition coefficient (Wildman–Crippen LogP) is 3.40. The number of nitrogens with two attached hydrogens (primary N) is 1. The van der Waals surface area contributed by atoms with Gasteiger partial charge in [-0.15, -0.1) is 11.3 Å². The minimum absolute atomic E-state index is 0.214. The molecule has 0 amide bonds. The first-order valence-corrected chi connectivity index (χ1v) is 7.66. The minimum Gasteiger partial charge on any atom is -0.326 e. The summed E-state index contributed by atoms with van der Waals surface area (Å²) in [7, 11) is 0. The molecule has 0 aliphatic heterocycles. The van der Waals surface area contributed by atoms with Crippen LogP contribution in [0.5, 0.6) is 0 Å². The monoisotopic (exact) mass is 252 g/mol. The van der Waals surface area contributed by atoms with E-state index < -0.39 is 0 Å². The van der Waals surface area contributed by atoms with E-state index in [2.05, 4.69) is 36.3 Å². The summed E-state index contributed by atoms with van der Waals surface area (Å²) in [4.78, 5) is 4.09. The Bertz CT molecular complexity index is 317. The zero-order chi connectivity index (χ0) is 12.3. The van der Waals surface area contributed by atoms with Crippen LogP contribution < -0.4 is 5.73 Å². The van der Waals surface area contributed by atoms with Crippen molar-refractivity contribution < 1.29 is 0 Å². The zero-order valence-corrected chi connectivity index (χ0v) is 11.7. The molecule has 0 aromatic carbocycles. The molecule has 17 heavy (non-hydrogen) atoms. The Hall–Kier alpha value is -0.380. The summed E-state index contributed by atoms with van der Waals surface area (Å²) in [5.41, 5.74) is 6.23. The third-order valence-electron chi connectivity index (χ3n) is 3.48. The first-order valence-electron chi connectivity index (χ1n) is 6.78. The van der Waals surface area contributed by atoms with Crippen molar-refractivity contribution in [1.82, 2.24) is 4.90 Å². The van der Waals surface area contributed by atoms with Gasteiger partial charge in [0.15, 0.2) is 0 Å². The number of unbranched alkanes of at least 4 members (excludes halogenated alkanes) is 1. The van der Waals surface area contributed by atoms with E-state index in [-0.39, 0.29) is 6.04 Å². The molecule has 1 saturated carbocycles. The van der Waals surface area contributed by atoms with Gasteiger partial charge in [-0.25, -0.2) is 0 Å². The molecule has 0 saturated heterocycles. The Morgan fingerprint density at radius 1 is 1.53 bits per heavy atom. The van der Waals surface area contributed by atoms with E-state index in [4.69, 9.17) is 5.73 Å². The molecule has 0 bridgehead atoms. The number of nitrogens with zero attached hydrogens (tertiary/aromatic N) is 1. The minimum atomic E-state index is 0.214. The van der Waals surface area contributed by atoms with E-state index in [1.165, 1.54) is 37.1 Å². The lowest BCUT2D eigenvalue weighted by molar-refractivity contribution is 0.166. The summed E-state index contributed by atoms with van der Waals surface area (Å²) in [6.07, 6.45) is 5.26. The zero-order valence-electron chi connectivity index (χ0n) is 10.9. The second-order valence-corrected chi connectivity index (χ2v) is 6.12. The highest BCUT2D eigenvalue weighted by molar-refractivity contribution is 7.10. The average Bonchev–Trinajstić information content (AvgIpc) is 3.00. The third kappa shape index (κ3) is 3.30. The average molecular weight is 252 g/mol. The van der Waals surface area contributed by atoms with E-state index in [0.29, 0.717) is 6.04 Å². The maximum absolute atomic E-state index is 6.23. The van der Waals surface area contributed by atoms with Gasteiger partial charge >= 0.3 is 0 Å². The molecule has 96 valence electrons. The van der Waals surface area contributed by atoms with Gasteiger partial charge in [-0.1, -0.05) is 19.4 Å². The van der Waals surface area contributed by atoms with Crippen molar-refractivity contribution in [2.24, 2.45) is 5.73 Å². The van der Waals surface area contributed by atoms with Crippen LogP contribution in [0.2, 0.25) is 0 Å². The molecule has 1 aromatic rings. The first kappa shape index (κ1) is 13.1. The van der Waals surface area contributed by atoms with Crippen molar-refractivity contribution in [3.8, 4) is 0 Å². The van der Waals surface area contributed by atoms with Crippen molar-refractivity contribution in [3.63, 3.8) is 0 Å². The SMILES string of the molecule is CCCCN(C1CC1)C(c1cccs1)C(C)N. The van der Waals surface area contributed by atoms with Crippen LogP contribution in [-0.4, -0.2) is 23.5 Å². The number of thiophene rings is 1. The Kier molecular flexibility index (Phi) is 4.60. The molecular formula is C14H24N2S. The standard InChI is InChI=1S/C14H24N2S/c1-3-4-9-16(12-7-8-12)14(11(2)15)13-6-5-10-17-13/h5-6,10-12,14H,3-4,7-9,15H2,1-2H3. The Morgan fingerprint density at radius 2 is 2.29 bits per heavy atom. The fraction of sp³-hybridized carbons (Fsp3) is 0.714. The molecule has 2 rings (SSSR count). The lowest BCUT2D eigenvalue weighted by Gasteiger charge is -2.34. The highest BCUT2D eigenvalue weighted by atomic mass is 32.1. The molecule has 3 heteroatoms. The molecule has 1 fully saturated rings. The van der Waals surface area contributed by atoms with Gasteiger partial charge in [-0.2, -0.15) is 0 Å². The van der Waals surface area contributed by atoms with Crippen LogP contribution in [0, 0.1) is 0 Å². The first-order chi connectivity index (χ1) is 8.24. The molecule has 1 heterocycles. The highest BCUT2D eigenvalue weighted by Gasteiger charge is 2.36. The molecule has 1 aromatic heterocycles. The van der Waals surface area contributed by atoms with Crippen molar-refractivity contribution >= 4 is 11.3 Å². The van der Waals surface area contributed by atoms with Gasteiger partial charge in [0.1, 0.15) is 0 Å². The second-order valence-electron chi connectivity index (χ2n) is 5.14. The highest BCUT2D eigenvalue weighted by Crippen LogP contribution is 2.37. The molecule has 2 unspecified atom stereocenters. The summed E-state index contributed by atoms with van der Waals surface area (Å²) < 4.78 is 0. The smallest absolute Gasteiger partial charge is 0.0593 e. The summed E-state index contributed by atoms with van der Waals surface area (Å²) in [6.45, 7) is 5.61. The molecule has 2 atom stereocenters. The van der Waals surface area contributed by atoms with Gasteiger partial charge in [-0.05, 0) is 44.2 Å².